The summed E-state index contributed by atoms with van der Waals surface area (Å²) >= 11 is 0. The van der Waals surface area contributed by atoms with Gasteiger partial charge in [0.1, 0.15) is 5.76 Å². The summed E-state index contributed by atoms with van der Waals surface area (Å²) in [5.74, 6) is 1.03. The average Bonchev–Trinajstić information content (AvgIpc) is 3.38. The Kier molecular flexibility index (Phi) is 5.95. The van der Waals surface area contributed by atoms with Gasteiger partial charge in [-0.15, -0.1) is 0 Å². The van der Waals surface area contributed by atoms with Crippen molar-refractivity contribution in [1.29, 1.82) is 0 Å². The van der Waals surface area contributed by atoms with E-state index in [2.05, 4.69) is 23.5 Å². The van der Waals surface area contributed by atoms with E-state index >= 15 is 0 Å². The van der Waals surface area contributed by atoms with Crippen LogP contribution in [0.15, 0.2) is 47.1 Å². The zero-order chi connectivity index (χ0) is 21.1. The lowest BCUT2D eigenvalue weighted by atomic mass is 9.71. The number of aryl methyl sites for hydroxylation is 1. The number of fused-ring (bicyclic) bond motifs is 2. The zero-order valence-corrected chi connectivity index (χ0v) is 17.7. The van der Waals surface area contributed by atoms with Gasteiger partial charge in [0.05, 0.1) is 18.4 Å². The lowest BCUT2D eigenvalue weighted by Gasteiger charge is -2.44. The van der Waals surface area contributed by atoms with Crippen molar-refractivity contribution in [2.45, 2.75) is 56.6 Å². The maximum absolute atomic E-state index is 12.7. The van der Waals surface area contributed by atoms with Gasteiger partial charge in [-0.3, -0.25) is 9.59 Å². The Hall–Kier alpha value is -2.60. The van der Waals surface area contributed by atoms with Gasteiger partial charge in [-0.1, -0.05) is 31.2 Å². The minimum absolute atomic E-state index is 0.0273. The number of hydrogen-bond donors (Lipinski definition) is 1. The number of piperidine rings is 1. The fraction of sp³-hybridized carbons (Fsp3) is 0.500. The molecular weight excluding hydrogens is 380 g/mol. The highest BCUT2D eigenvalue weighted by atomic mass is 16.5. The molecule has 1 aliphatic carbocycles. The molecule has 1 fully saturated rings. The SMILES string of the molecule is CCC(=O)N[C@H]1c2ccccc2C2(CCN(C(=O)CCc3ccco3)CC2)[C@@H]1OC. The van der Waals surface area contributed by atoms with E-state index in [0.717, 1.165) is 24.2 Å². The molecule has 6 heteroatoms. The van der Waals surface area contributed by atoms with Crippen molar-refractivity contribution in [3.05, 3.63) is 59.5 Å². The fourth-order valence-electron chi connectivity index (χ4n) is 5.20. The van der Waals surface area contributed by atoms with Crippen LogP contribution in [0.3, 0.4) is 0 Å². The van der Waals surface area contributed by atoms with Crippen molar-refractivity contribution in [2.24, 2.45) is 0 Å². The largest absolute Gasteiger partial charge is 0.469 e. The van der Waals surface area contributed by atoms with Crippen molar-refractivity contribution in [2.75, 3.05) is 20.2 Å². The molecular formula is C24H30N2O4. The van der Waals surface area contributed by atoms with Gasteiger partial charge in [-0.25, -0.2) is 0 Å². The van der Waals surface area contributed by atoms with E-state index in [1.807, 2.05) is 30.0 Å². The van der Waals surface area contributed by atoms with E-state index in [9.17, 15) is 9.59 Å². The Labute approximate surface area is 177 Å². The third-order valence-corrected chi connectivity index (χ3v) is 6.74. The number of rotatable bonds is 6. The van der Waals surface area contributed by atoms with Crippen LogP contribution >= 0.6 is 0 Å². The zero-order valence-electron chi connectivity index (χ0n) is 17.7. The summed E-state index contributed by atoms with van der Waals surface area (Å²) in [4.78, 5) is 26.9. The van der Waals surface area contributed by atoms with Crippen LogP contribution in [0.25, 0.3) is 0 Å². The summed E-state index contributed by atoms with van der Waals surface area (Å²) in [6.07, 6.45) is 4.69. The van der Waals surface area contributed by atoms with E-state index < -0.39 is 0 Å². The summed E-state index contributed by atoms with van der Waals surface area (Å²) < 4.78 is 11.4. The van der Waals surface area contributed by atoms with Crippen LogP contribution in [-0.2, 0) is 26.2 Å². The van der Waals surface area contributed by atoms with Gasteiger partial charge in [-0.05, 0) is 36.1 Å². The van der Waals surface area contributed by atoms with Gasteiger partial charge in [-0.2, -0.15) is 0 Å². The molecule has 1 aromatic heterocycles. The monoisotopic (exact) mass is 410 g/mol. The van der Waals surface area contributed by atoms with Crippen molar-refractivity contribution in [1.82, 2.24) is 10.2 Å². The number of amides is 2. The number of ether oxygens (including phenoxy) is 1. The fourth-order valence-corrected chi connectivity index (χ4v) is 5.20. The molecule has 1 spiro atoms. The third-order valence-electron chi connectivity index (χ3n) is 6.74. The summed E-state index contributed by atoms with van der Waals surface area (Å²) in [5.41, 5.74) is 2.21. The minimum Gasteiger partial charge on any atom is -0.469 e. The molecule has 2 amide bonds. The molecule has 30 heavy (non-hydrogen) atoms. The Morgan fingerprint density at radius 1 is 1.20 bits per heavy atom. The predicted molar refractivity (Wildman–Crippen MR) is 113 cm³/mol. The second kappa shape index (κ2) is 8.64. The highest BCUT2D eigenvalue weighted by molar-refractivity contribution is 5.77. The van der Waals surface area contributed by atoms with Crippen LogP contribution in [0.2, 0.25) is 0 Å². The minimum atomic E-state index is -0.186. The van der Waals surface area contributed by atoms with Crippen molar-refractivity contribution in [3.63, 3.8) is 0 Å². The molecule has 2 atom stereocenters. The van der Waals surface area contributed by atoms with Crippen LogP contribution in [0.4, 0.5) is 0 Å². The van der Waals surface area contributed by atoms with E-state index in [1.54, 1.807) is 13.4 Å². The number of nitrogens with one attached hydrogen (secondary N) is 1. The van der Waals surface area contributed by atoms with Gasteiger partial charge in [0.2, 0.25) is 11.8 Å². The number of hydrogen-bond acceptors (Lipinski definition) is 4. The van der Waals surface area contributed by atoms with Crippen LogP contribution in [0, 0.1) is 0 Å². The first-order chi connectivity index (χ1) is 14.6. The molecule has 6 nitrogen and oxygen atoms in total. The molecule has 4 rings (SSSR count). The van der Waals surface area contributed by atoms with E-state index in [-0.39, 0.29) is 29.4 Å². The highest BCUT2D eigenvalue weighted by Crippen LogP contribution is 2.52. The van der Waals surface area contributed by atoms with Crippen LogP contribution in [0.1, 0.15) is 55.5 Å². The van der Waals surface area contributed by atoms with E-state index in [1.165, 1.54) is 5.56 Å². The summed E-state index contributed by atoms with van der Waals surface area (Å²) in [6.45, 7) is 3.25. The quantitative estimate of drug-likeness (QED) is 0.793. The molecule has 1 saturated heterocycles. The number of carbonyl (C=O) groups excluding carboxylic acids is 2. The van der Waals surface area contributed by atoms with E-state index in [0.29, 0.717) is 32.4 Å². The van der Waals surface area contributed by atoms with Gasteiger partial charge < -0.3 is 19.4 Å². The molecule has 1 aliphatic heterocycles. The second-order valence-electron chi connectivity index (χ2n) is 8.26. The number of carbonyl (C=O) groups is 2. The lowest BCUT2D eigenvalue weighted by molar-refractivity contribution is -0.134. The summed E-state index contributed by atoms with van der Waals surface area (Å²) in [5, 5.41) is 3.17. The Morgan fingerprint density at radius 2 is 1.97 bits per heavy atom. The van der Waals surface area contributed by atoms with Crippen LogP contribution < -0.4 is 5.32 Å². The summed E-state index contributed by atoms with van der Waals surface area (Å²) in [7, 11) is 1.73. The first-order valence-corrected chi connectivity index (χ1v) is 10.8. The van der Waals surface area contributed by atoms with Gasteiger partial charge >= 0.3 is 0 Å². The maximum atomic E-state index is 12.7. The third kappa shape index (κ3) is 3.65. The number of benzene rings is 1. The Morgan fingerprint density at radius 3 is 2.63 bits per heavy atom. The standard InChI is InChI=1S/C24H30N2O4/c1-3-20(27)25-22-18-8-4-5-9-19(18)24(23(22)29-2)12-14-26(15-13-24)21(28)11-10-17-7-6-16-30-17/h4-9,16,22-23H,3,10-15H2,1-2H3,(H,25,27)/t22-,23+/m0/s1. The van der Waals surface area contributed by atoms with Crippen molar-refractivity contribution in [3.8, 4) is 0 Å². The number of methoxy groups -OCH3 is 1. The predicted octanol–water partition coefficient (Wildman–Crippen LogP) is 3.37. The Bertz CT molecular complexity index is 884. The smallest absolute Gasteiger partial charge is 0.223 e. The van der Waals surface area contributed by atoms with Gasteiger partial charge in [0.25, 0.3) is 0 Å². The van der Waals surface area contributed by atoms with E-state index in [4.69, 9.17) is 9.15 Å². The molecule has 2 aromatic rings. The number of likely N-dealkylation sites (tertiary alicyclic amines) is 1. The first-order valence-electron chi connectivity index (χ1n) is 10.8. The molecule has 160 valence electrons. The highest BCUT2D eigenvalue weighted by Gasteiger charge is 2.54. The average molecular weight is 411 g/mol. The van der Waals surface area contributed by atoms with Crippen LogP contribution in [0.5, 0.6) is 0 Å². The summed E-state index contributed by atoms with van der Waals surface area (Å²) in [6, 6.07) is 11.9. The molecule has 1 N–H and O–H groups in total. The molecule has 2 aliphatic rings. The molecule has 0 unspecified atom stereocenters. The maximum Gasteiger partial charge on any atom is 0.223 e. The molecule has 2 heterocycles. The molecule has 1 aromatic carbocycles. The molecule has 0 bridgehead atoms. The van der Waals surface area contributed by atoms with Crippen LogP contribution in [-0.4, -0.2) is 43.0 Å². The van der Waals surface area contributed by atoms with Gasteiger partial charge in [0.15, 0.2) is 0 Å². The number of nitrogens with zero attached hydrogens (tertiary/aromatic N) is 1. The molecule has 0 saturated carbocycles. The van der Waals surface area contributed by atoms with Crippen molar-refractivity contribution < 1.29 is 18.7 Å². The number of furan rings is 1. The molecule has 0 radical (unpaired) electrons. The lowest BCUT2D eigenvalue weighted by Crippen LogP contribution is -2.51. The first kappa shape index (κ1) is 20.7. The topological polar surface area (TPSA) is 71.8 Å². The normalized spacial score (nSPS) is 22.1. The van der Waals surface area contributed by atoms with Crippen molar-refractivity contribution >= 4 is 11.8 Å². The van der Waals surface area contributed by atoms with Gasteiger partial charge in [0, 0.05) is 44.9 Å². The second-order valence-corrected chi connectivity index (χ2v) is 8.26. The Balaban J connectivity index is 1.50.